The molecule has 0 aliphatic carbocycles. The maximum Gasteiger partial charge on any atom is 0.301 e. The number of hydrogen-bond acceptors (Lipinski definition) is 8. The number of anilines is 1. The summed E-state index contributed by atoms with van der Waals surface area (Å²) in [6, 6.07) is 18.2. The zero-order valence-corrected chi connectivity index (χ0v) is 24.4. The van der Waals surface area contributed by atoms with Crippen LogP contribution in [-0.4, -0.2) is 33.6 Å². The molecule has 1 amide bonds. The van der Waals surface area contributed by atoms with Crippen molar-refractivity contribution in [1.29, 1.82) is 0 Å². The number of ketones is 1. The molecule has 1 aliphatic rings. The number of carbonyl (C=O) groups is 2. The van der Waals surface area contributed by atoms with E-state index in [1.54, 1.807) is 48.5 Å². The molecule has 7 nitrogen and oxygen atoms in total. The van der Waals surface area contributed by atoms with Crippen LogP contribution >= 0.6 is 23.1 Å². The normalized spacial score (nSPS) is 16.4. The Morgan fingerprint density at radius 2 is 1.83 bits per heavy atom. The highest BCUT2D eigenvalue weighted by Gasteiger charge is 2.48. The van der Waals surface area contributed by atoms with E-state index in [-0.39, 0.29) is 22.3 Å². The molecule has 0 radical (unpaired) electrons. The van der Waals surface area contributed by atoms with Crippen LogP contribution in [-0.2, 0) is 15.3 Å². The number of carbonyl (C=O) groups excluding carboxylic acids is 2. The molecule has 1 aliphatic heterocycles. The van der Waals surface area contributed by atoms with Crippen LogP contribution in [0.2, 0.25) is 0 Å². The molecule has 210 valence electrons. The number of nitrogens with zero attached hydrogens (tertiary/aromatic N) is 3. The number of amides is 1. The number of aromatic nitrogens is 2. The Labute approximate surface area is 245 Å². The van der Waals surface area contributed by atoms with Gasteiger partial charge in [-0.2, -0.15) is 0 Å². The van der Waals surface area contributed by atoms with Gasteiger partial charge < -0.3 is 9.84 Å². The van der Waals surface area contributed by atoms with E-state index in [1.165, 1.54) is 22.7 Å². The average molecular weight is 590 g/mol. The fourth-order valence-corrected chi connectivity index (χ4v) is 6.41. The smallest absolute Gasteiger partial charge is 0.301 e. The standard InChI is InChI=1S/C31H28FN3O4S2/c1-4-15-39-22-13-11-20(12-14-22)26-25(27(36)23-16-18(2)9-10-19(23)3)28(37)29(38)35(26)30-33-34-31(41-30)40-17-21-7-5-6-8-24(21)32/h5-14,16,26,36H,4,15,17H2,1-3H3. The predicted molar refractivity (Wildman–Crippen MR) is 159 cm³/mol. The second-order valence-electron chi connectivity index (χ2n) is 9.64. The lowest BCUT2D eigenvalue weighted by Crippen LogP contribution is -2.29. The fourth-order valence-electron chi connectivity index (χ4n) is 4.56. The van der Waals surface area contributed by atoms with Gasteiger partial charge in [-0.1, -0.05) is 78.1 Å². The van der Waals surface area contributed by atoms with Gasteiger partial charge >= 0.3 is 5.91 Å². The van der Waals surface area contributed by atoms with E-state index in [0.717, 1.165) is 28.9 Å². The summed E-state index contributed by atoms with van der Waals surface area (Å²) in [6.07, 6.45) is 0.853. The van der Waals surface area contributed by atoms with Gasteiger partial charge in [0.1, 0.15) is 17.3 Å². The Morgan fingerprint density at radius 1 is 1.07 bits per heavy atom. The summed E-state index contributed by atoms with van der Waals surface area (Å²) in [4.78, 5) is 28.3. The molecular weight excluding hydrogens is 561 g/mol. The maximum atomic E-state index is 14.1. The monoisotopic (exact) mass is 589 g/mol. The molecule has 3 aromatic carbocycles. The van der Waals surface area contributed by atoms with Gasteiger partial charge in [0.05, 0.1) is 18.2 Å². The zero-order chi connectivity index (χ0) is 29.1. The first-order valence-corrected chi connectivity index (χ1v) is 14.9. The van der Waals surface area contributed by atoms with E-state index in [4.69, 9.17) is 4.74 Å². The number of halogens is 1. The molecule has 10 heteroatoms. The summed E-state index contributed by atoms with van der Waals surface area (Å²) in [7, 11) is 0. The summed E-state index contributed by atoms with van der Waals surface area (Å²) in [5.41, 5.74) is 3.25. The van der Waals surface area contributed by atoms with Gasteiger partial charge in [0.25, 0.3) is 5.78 Å². The van der Waals surface area contributed by atoms with Crippen molar-refractivity contribution in [2.75, 3.05) is 11.5 Å². The molecule has 41 heavy (non-hydrogen) atoms. The van der Waals surface area contributed by atoms with Crippen LogP contribution in [0.15, 0.2) is 76.6 Å². The van der Waals surface area contributed by atoms with Crippen molar-refractivity contribution >= 4 is 45.7 Å². The summed E-state index contributed by atoms with van der Waals surface area (Å²) < 4.78 is 20.3. The SMILES string of the molecule is CCCOc1ccc(C2C(=C(O)c3cc(C)ccc3C)C(=O)C(=O)N2c2nnc(SCc3ccccc3F)s2)cc1. The quantitative estimate of drug-likeness (QED) is 0.0739. The van der Waals surface area contributed by atoms with E-state index in [0.29, 0.717) is 39.1 Å². The van der Waals surface area contributed by atoms with Crippen LogP contribution in [0.1, 0.15) is 47.2 Å². The molecule has 4 aromatic rings. The molecule has 0 saturated carbocycles. The van der Waals surface area contributed by atoms with Crippen molar-refractivity contribution in [2.24, 2.45) is 0 Å². The highest BCUT2D eigenvalue weighted by atomic mass is 32.2. The minimum Gasteiger partial charge on any atom is -0.507 e. The predicted octanol–water partition coefficient (Wildman–Crippen LogP) is 7.00. The lowest BCUT2D eigenvalue weighted by atomic mass is 9.93. The van der Waals surface area contributed by atoms with Gasteiger partial charge in [0, 0.05) is 11.3 Å². The molecule has 1 saturated heterocycles. The summed E-state index contributed by atoms with van der Waals surface area (Å²) in [5, 5.41) is 20.1. The largest absolute Gasteiger partial charge is 0.507 e. The minimum atomic E-state index is -0.937. The summed E-state index contributed by atoms with van der Waals surface area (Å²) in [6.45, 7) is 6.30. The lowest BCUT2D eigenvalue weighted by Gasteiger charge is -2.23. The van der Waals surface area contributed by atoms with Crippen molar-refractivity contribution in [3.05, 3.63) is 106 Å². The molecule has 1 aromatic heterocycles. The molecule has 2 heterocycles. The highest BCUT2D eigenvalue weighted by molar-refractivity contribution is 8.00. The first kappa shape index (κ1) is 28.5. The maximum absolute atomic E-state index is 14.1. The van der Waals surface area contributed by atoms with Crippen molar-refractivity contribution < 1.29 is 23.8 Å². The van der Waals surface area contributed by atoms with Gasteiger partial charge in [-0.15, -0.1) is 10.2 Å². The van der Waals surface area contributed by atoms with Gasteiger partial charge in [0.2, 0.25) is 5.13 Å². The van der Waals surface area contributed by atoms with E-state index in [1.807, 2.05) is 32.9 Å². The molecule has 5 rings (SSSR count). The molecule has 1 unspecified atom stereocenters. The number of aliphatic hydroxyl groups is 1. The van der Waals surface area contributed by atoms with Gasteiger partial charge in [-0.05, 0) is 61.2 Å². The molecule has 1 atom stereocenters. The minimum absolute atomic E-state index is 0.0262. The fraction of sp³-hybridized carbons (Fsp3) is 0.226. The number of thioether (sulfide) groups is 1. The van der Waals surface area contributed by atoms with Crippen LogP contribution in [0.4, 0.5) is 9.52 Å². The van der Waals surface area contributed by atoms with Crippen LogP contribution in [0.25, 0.3) is 5.76 Å². The van der Waals surface area contributed by atoms with Crippen LogP contribution in [0.5, 0.6) is 5.75 Å². The molecule has 0 bridgehead atoms. The van der Waals surface area contributed by atoms with Gasteiger partial charge in [-0.3, -0.25) is 14.5 Å². The third-order valence-corrected chi connectivity index (χ3v) is 8.78. The van der Waals surface area contributed by atoms with Crippen LogP contribution < -0.4 is 9.64 Å². The Kier molecular flexibility index (Phi) is 8.51. The first-order chi connectivity index (χ1) is 19.8. The second-order valence-corrected chi connectivity index (χ2v) is 11.8. The van der Waals surface area contributed by atoms with Crippen molar-refractivity contribution in [3.63, 3.8) is 0 Å². The number of Topliss-reactive ketones (excluding diaryl/α,β-unsaturated/α-hetero) is 1. The first-order valence-electron chi connectivity index (χ1n) is 13.1. The third kappa shape index (κ3) is 5.89. The molecule has 1 fully saturated rings. The number of rotatable bonds is 9. The number of ether oxygens (including phenoxy) is 1. The second kappa shape index (κ2) is 12.2. The van der Waals surface area contributed by atoms with E-state index >= 15 is 0 Å². The van der Waals surface area contributed by atoms with Crippen molar-refractivity contribution in [1.82, 2.24) is 10.2 Å². The summed E-state index contributed by atoms with van der Waals surface area (Å²) in [5.74, 6) is -1.19. The summed E-state index contributed by atoms with van der Waals surface area (Å²) >= 11 is 2.42. The Morgan fingerprint density at radius 3 is 2.56 bits per heavy atom. The number of benzene rings is 3. The van der Waals surface area contributed by atoms with Gasteiger partial charge in [0.15, 0.2) is 4.34 Å². The Bertz CT molecular complexity index is 1630. The topological polar surface area (TPSA) is 92.6 Å². The number of hydrogen-bond donors (Lipinski definition) is 1. The Hall–Kier alpha value is -4.02. The van der Waals surface area contributed by atoms with Crippen molar-refractivity contribution in [3.8, 4) is 5.75 Å². The zero-order valence-electron chi connectivity index (χ0n) is 22.8. The third-order valence-electron chi connectivity index (χ3n) is 6.67. The highest BCUT2D eigenvalue weighted by Crippen LogP contribution is 2.44. The molecule has 1 N–H and O–H groups in total. The van der Waals surface area contributed by atoms with Crippen molar-refractivity contribution in [2.45, 2.75) is 43.3 Å². The van der Waals surface area contributed by atoms with Crippen LogP contribution in [0.3, 0.4) is 0 Å². The number of aliphatic hydroxyl groups excluding tert-OH is 1. The van der Waals surface area contributed by atoms with Gasteiger partial charge in [-0.25, -0.2) is 4.39 Å². The Balaban J connectivity index is 1.56. The molecule has 0 spiro atoms. The molecular formula is C31H28FN3O4S2. The van der Waals surface area contributed by atoms with E-state index in [9.17, 15) is 19.1 Å². The average Bonchev–Trinajstić information content (AvgIpc) is 3.54. The van der Waals surface area contributed by atoms with E-state index < -0.39 is 17.7 Å². The number of aryl methyl sites for hydroxylation is 2. The lowest BCUT2D eigenvalue weighted by molar-refractivity contribution is -0.132. The van der Waals surface area contributed by atoms with E-state index in [2.05, 4.69) is 10.2 Å². The van der Waals surface area contributed by atoms with Crippen LogP contribution in [0, 0.1) is 19.7 Å².